The summed E-state index contributed by atoms with van der Waals surface area (Å²) in [6.07, 6.45) is 0. The van der Waals surface area contributed by atoms with Gasteiger partial charge in [0, 0.05) is 66.1 Å². The zero-order valence-electron chi connectivity index (χ0n) is 43.3. The van der Waals surface area contributed by atoms with Gasteiger partial charge in [-0.15, -0.1) is 0 Å². The SMILES string of the molecule is N#Cc1cccc(-c2cc(-c3ccc(-c4ccc(-c5ccc(-n6c7ccc(-n8c9ccccc9c9ccccc98)cc7c7cc(-n8c9ccccc9c9ccccc98)ccc76)cc5)cc4)cc3C#N)nc(-c3cccc(C#N)c3)n2)c1. The van der Waals surface area contributed by atoms with Crippen molar-refractivity contribution in [2.45, 2.75) is 0 Å². The Hall–Kier alpha value is -11.6. The molecule has 8 heteroatoms. The van der Waals surface area contributed by atoms with Crippen molar-refractivity contribution in [1.82, 2.24) is 23.7 Å². The van der Waals surface area contributed by atoms with Crippen LogP contribution in [0.1, 0.15) is 16.7 Å². The molecule has 0 radical (unpaired) electrons. The number of rotatable bonds is 8. The molecule has 4 aromatic heterocycles. The second-order valence-corrected chi connectivity index (χ2v) is 20.3. The summed E-state index contributed by atoms with van der Waals surface area (Å²) >= 11 is 0. The monoisotopic (exact) mass is 1030 g/mol. The van der Waals surface area contributed by atoms with Crippen molar-refractivity contribution in [3.8, 4) is 91.4 Å². The molecule has 0 bridgehead atoms. The van der Waals surface area contributed by atoms with Crippen molar-refractivity contribution in [2.75, 3.05) is 0 Å². The fourth-order valence-corrected chi connectivity index (χ4v) is 12.0. The highest BCUT2D eigenvalue weighted by atomic mass is 15.0. The Labute approximate surface area is 465 Å². The first-order chi connectivity index (χ1) is 40.0. The maximum absolute atomic E-state index is 10.6. The van der Waals surface area contributed by atoms with Crippen molar-refractivity contribution >= 4 is 65.4 Å². The molecule has 0 aliphatic rings. The van der Waals surface area contributed by atoms with E-state index in [1.54, 1.807) is 30.3 Å². The van der Waals surface area contributed by atoms with Gasteiger partial charge in [-0.3, -0.25) is 0 Å². The summed E-state index contributed by atoms with van der Waals surface area (Å²) in [7, 11) is 0. The molecular weight excluding hydrogens is 989 g/mol. The molecule has 0 spiro atoms. The highest BCUT2D eigenvalue weighted by Crippen LogP contribution is 2.41. The lowest BCUT2D eigenvalue weighted by Crippen LogP contribution is -1.98. The number of fused-ring (bicyclic) bond motifs is 9. The standard InChI is InChI=1S/C73H42N8/c74-43-46-11-9-13-52(37-46)65-42-66(78-73(77-65)53-14-10-12-47(38-53)44-75)58-34-29-51(39-54(58)45-76)50-25-23-48(24-26-50)49-27-30-55(31-28-49)79-71-35-32-56(80-67-19-5-1-15-59(67)60-16-2-6-20-68(60)80)40-63(71)64-41-57(33-36-72(64)79)81-69-21-7-3-17-61(69)62-18-4-8-22-70(62)81/h1-42H. The normalized spacial score (nSPS) is 11.4. The van der Waals surface area contributed by atoms with Crippen LogP contribution in [0.25, 0.3) is 139 Å². The summed E-state index contributed by atoms with van der Waals surface area (Å²) in [5, 5.41) is 37.2. The van der Waals surface area contributed by atoms with Crippen LogP contribution in [-0.4, -0.2) is 23.7 Å². The van der Waals surface area contributed by atoms with Crippen LogP contribution in [0, 0.1) is 34.0 Å². The van der Waals surface area contributed by atoms with Crippen LogP contribution in [0.2, 0.25) is 0 Å². The first-order valence-electron chi connectivity index (χ1n) is 26.7. The molecule has 15 rings (SSSR count). The van der Waals surface area contributed by atoms with E-state index in [0.29, 0.717) is 45.0 Å². The molecule has 0 N–H and O–H groups in total. The van der Waals surface area contributed by atoms with Crippen molar-refractivity contribution < 1.29 is 0 Å². The minimum atomic E-state index is 0.406. The predicted octanol–water partition coefficient (Wildman–Crippen LogP) is 17.7. The maximum Gasteiger partial charge on any atom is 0.160 e. The zero-order chi connectivity index (χ0) is 54.1. The summed E-state index contributed by atoms with van der Waals surface area (Å²) in [6.45, 7) is 0. The van der Waals surface area contributed by atoms with Gasteiger partial charge < -0.3 is 13.7 Å². The second kappa shape index (κ2) is 18.8. The average molecular weight is 1030 g/mol. The summed E-state index contributed by atoms with van der Waals surface area (Å²) in [6, 6.07) is 94.7. The molecular formula is C73H42N8. The lowest BCUT2D eigenvalue weighted by Gasteiger charge is -2.12. The average Bonchev–Trinajstić information content (AvgIpc) is 4.30. The van der Waals surface area contributed by atoms with E-state index in [0.717, 1.165) is 66.7 Å². The molecule has 81 heavy (non-hydrogen) atoms. The minimum absolute atomic E-state index is 0.406. The maximum atomic E-state index is 10.6. The molecule has 0 amide bonds. The van der Waals surface area contributed by atoms with Gasteiger partial charge in [-0.2, -0.15) is 15.8 Å². The van der Waals surface area contributed by atoms with Crippen molar-refractivity contribution in [2.24, 2.45) is 0 Å². The van der Waals surface area contributed by atoms with E-state index < -0.39 is 0 Å². The van der Waals surface area contributed by atoms with Crippen LogP contribution in [0.5, 0.6) is 0 Å². The number of para-hydroxylation sites is 4. The molecule has 0 aliphatic carbocycles. The third-order valence-corrected chi connectivity index (χ3v) is 15.8. The van der Waals surface area contributed by atoms with E-state index in [-0.39, 0.29) is 0 Å². The molecule has 8 nitrogen and oxygen atoms in total. The molecule has 4 heterocycles. The van der Waals surface area contributed by atoms with Gasteiger partial charge in [-0.1, -0.05) is 146 Å². The molecule has 11 aromatic carbocycles. The van der Waals surface area contributed by atoms with Gasteiger partial charge in [0.25, 0.3) is 0 Å². The Morgan fingerprint density at radius 3 is 1.19 bits per heavy atom. The van der Waals surface area contributed by atoms with E-state index in [1.807, 2.05) is 42.5 Å². The van der Waals surface area contributed by atoms with Crippen LogP contribution in [-0.2, 0) is 0 Å². The van der Waals surface area contributed by atoms with E-state index in [2.05, 4.69) is 214 Å². The fraction of sp³-hybridized carbons (Fsp3) is 0. The fourth-order valence-electron chi connectivity index (χ4n) is 12.0. The molecule has 0 atom stereocenters. The number of benzene rings is 11. The van der Waals surface area contributed by atoms with Gasteiger partial charge in [0.1, 0.15) is 0 Å². The molecule has 0 saturated carbocycles. The molecule has 0 saturated heterocycles. The summed E-state index contributed by atoms with van der Waals surface area (Å²) in [5.74, 6) is 0.406. The van der Waals surface area contributed by atoms with Gasteiger partial charge in [0.05, 0.1) is 79.4 Å². The number of aromatic nitrogens is 5. The molecule has 374 valence electrons. The molecule has 0 unspecified atom stereocenters. The molecule has 0 fully saturated rings. The number of hydrogen-bond donors (Lipinski definition) is 0. The Morgan fingerprint density at radius 2 is 0.679 bits per heavy atom. The van der Waals surface area contributed by atoms with Crippen LogP contribution < -0.4 is 0 Å². The zero-order valence-corrected chi connectivity index (χ0v) is 43.3. The van der Waals surface area contributed by atoms with Gasteiger partial charge in [-0.25, -0.2) is 9.97 Å². The summed E-state index contributed by atoms with van der Waals surface area (Å²) in [4.78, 5) is 9.83. The quantitative estimate of drug-likeness (QED) is 0.150. The minimum Gasteiger partial charge on any atom is -0.309 e. The Balaban J connectivity index is 0.794. The molecule has 15 aromatic rings. The van der Waals surface area contributed by atoms with Crippen LogP contribution in [0.3, 0.4) is 0 Å². The third kappa shape index (κ3) is 7.73. The first kappa shape index (κ1) is 46.7. The first-order valence-corrected chi connectivity index (χ1v) is 26.7. The number of hydrogen-bond acceptors (Lipinski definition) is 5. The highest BCUT2D eigenvalue weighted by Gasteiger charge is 2.20. The lowest BCUT2D eigenvalue weighted by molar-refractivity contribution is 1.16. The van der Waals surface area contributed by atoms with E-state index in [9.17, 15) is 15.8 Å². The van der Waals surface area contributed by atoms with Crippen molar-refractivity contribution in [3.63, 3.8) is 0 Å². The smallest absolute Gasteiger partial charge is 0.160 e. The largest absolute Gasteiger partial charge is 0.309 e. The van der Waals surface area contributed by atoms with Crippen LogP contribution in [0.4, 0.5) is 0 Å². The van der Waals surface area contributed by atoms with E-state index >= 15 is 0 Å². The highest BCUT2D eigenvalue weighted by molar-refractivity contribution is 6.14. The summed E-state index contributed by atoms with van der Waals surface area (Å²) < 4.78 is 7.18. The summed E-state index contributed by atoms with van der Waals surface area (Å²) in [5.41, 5.74) is 18.8. The van der Waals surface area contributed by atoms with Crippen molar-refractivity contribution in [1.29, 1.82) is 15.8 Å². The van der Waals surface area contributed by atoms with Gasteiger partial charge in [0.15, 0.2) is 5.82 Å². The van der Waals surface area contributed by atoms with E-state index in [1.165, 1.54) is 43.6 Å². The topological polar surface area (TPSA) is 112 Å². The van der Waals surface area contributed by atoms with Crippen LogP contribution in [0.15, 0.2) is 255 Å². The Morgan fingerprint density at radius 1 is 0.272 bits per heavy atom. The Kier molecular flexibility index (Phi) is 10.8. The van der Waals surface area contributed by atoms with Crippen LogP contribution >= 0.6 is 0 Å². The van der Waals surface area contributed by atoms with E-state index in [4.69, 9.17) is 9.97 Å². The van der Waals surface area contributed by atoms with Crippen molar-refractivity contribution in [3.05, 3.63) is 271 Å². The predicted molar refractivity (Wildman–Crippen MR) is 326 cm³/mol. The Bertz CT molecular complexity index is 4860. The number of nitriles is 3. The van der Waals surface area contributed by atoms with Gasteiger partial charge in [-0.05, 0) is 131 Å². The third-order valence-electron chi connectivity index (χ3n) is 15.8. The molecule has 0 aliphatic heterocycles. The lowest BCUT2D eigenvalue weighted by atomic mass is 9.95. The second-order valence-electron chi connectivity index (χ2n) is 20.3. The van der Waals surface area contributed by atoms with Gasteiger partial charge >= 0.3 is 0 Å². The van der Waals surface area contributed by atoms with Gasteiger partial charge in [0.2, 0.25) is 0 Å². The number of nitrogens with zero attached hydrogens (tertiary/aromatic N) is 8.